The molecular weight excluding hydrogens is 289 g/mol. The Labute approximate surface area is 115 Å². The van der Waals surface area contributed by atoms with Gasteiger partial charge in [0.1, 0.15) is 0 Å². The summed E-state index contributed by atoms with van der Waals surface area (Å²) in [5.74, 6) is -2.42. The molecule has 1 unspecified atom stereocenters. The van der Waals surface area contributed by atoms with Gasteiger partial charge >= 0.3 is 16.2 Å². The van der Waals surface area contributed by atoms with Crippen LogP contribution in [-0.2, 0) is 15.0 Å². The average Bonchev–Trinajstić information content (AvgIpc) is 2.41. The minimum absolute atomic E-state index is 0.0701. The number of hydrogen-bond acceptors (Lipinski definition) is 4. The van der Waals surface area contributed by atoms with Gasteiger partial charge in [-0.05, 0) is 25.0 Å². The number of carbonyl (C=O) groups is 1. The number of rotatable bonds is 4. The van der Waals surface area contributed by atoms with Crippen LogP contribution in [0.3, 0.4) is 0 Å². The molecule has 1 fully saturated rings. The zero-order valence-electron chi connectivity index (χ0n) is 10.5. The Morgan fingerprint density at radius 1 is 1.50 bits per heavy atom. The van der Waals surface area contributed by atoms with Crippen molar-refractivity contribution in [3.63, 3.8) is 0 Å². The third-order valence-corrected chi connectivity index (χ3v) is 4.55. The summed E-state index contributed by atoms with van der Waals surface area (Å²) in [4.78, 5) is 14.3. The Kier molecular flexibility index (Phi) is 4.19. The van der Waals surface area contributed by atoms with Crippen LogP contribution < -0.4 is 4.72 Å². The average molecular weight is 303 g/mol. The highest BCUT2D eigenvalue weighted by Crippen LogP contribution is 2.20. The van der Waals surface area contributed by atoms with Gasteiger partial charge in [-0.3, -0.25) is 9.52 Å². The summed E-state index contributed by atoms with van der Waals surface area (Å²) in [5.41, 5.74) is 0.129. The first-order valence-electron chi connectivity index (χ1n) is 6.01. The van der Waals surface area contributed by atoms with Crippen LogP contribution >= 0.6 is 0 Å². The van der Waals surface area contributed by atoms with Crippen molar-refractivity contribution in [2.45, 2.75) is 12.8 Å². The Morgan fingerprint density at radius 2 is 2.25 bits per heavy atom. The normalized spacial score (nSPS) is 20.6. The Hall–Kier alpha value is -1.74. The molecule has 0 amide bonds. The van der Waals surface area contributed by atoms with Gasteiger partial charge in [0, 0.05) is 13.1 Å². The number of pyridine rings is 1. The second-order valence-corrected chi connectivity index (χ2v) is 6.18. The molecule has 1 aliphatic heterocycles. The lowest BCUT2D eigenvalue weighted by molar-refractivity contribution is -0.142. The summed E-state index contributed by atoms with van der Waals surface area (Å²) in [6, 6.07) is 2.28. The number of aromatic nitrogens is 1. The molecule has 2 N–H and O–H groups in total. The van der Waals surface area contributed by atoms with Gasteiger partial charge < -0.3 is 5.11 Å². The summed E-state index contributed by atoms with van der Waals surface area (Å²) in [7, 11) is -3.86. The second kappa shape index (κ2) is 5.71. The molecule has 7 nitrogen and oxygen atoms in total. The standard InChI is InChI=1S/C11H14FN3O4S/c12-10-4-3-9(6-13-10)14-20(18,19)15-5-1-2-8(7-15)11(16)17/h3-4,6,8,14H,1-2,5,7H2,(H,16,17). The predicted molar refractivity (Wildman–Crippen MR) is 68.7 cm³/mol. The van der Waals surface area contributed by atoms with E-state index in [1.807, 2.05) is 0 Å². The van der Waals surface area contributed by atoms with Crippen molar-refractivity contribution in [3.05, 3.63) is 24.3 Å². The molecule has 1 atom stereocenters. The Morgan fingerprint density at radius 3 is 2.85 bits per heavy atom. The van der Waals surface area contributed by atoms with Gasteiger partial charge in [0.15, 0.2) is 0 Å². The van der Waals surface area contributed by atoms with Crippen molar-refractivity contribution < 1.29 is 22.7 Å². The molecule has 0 spiro atoms. The smallest absolute Gasteiger partial charge is 0.307 e. The minimum atomic E-state index is -3.86. The van der Waals surface area contributed by atoms with E-state index in [4.69, 9.17) is 5.11 Å². The van der Waals surface area contributed by atoms with Crippen LogP contribution in [0.2, 0.25) is 0 Å². The van der Waals surface area contributed by atoms with E-state index in [-0.39, 0.29) is 18.8 Å². The first-order valence-corrected chi connectivity index (χ1v) is 7.45. The van der Waals surface area contributed by atoms with Crippen molar-refractivity contribution in [2.24, 2.45) is 5.92 Å². The van der Waals surface area contributed by atoms with Gasteiger partial charge in [-0.2, -0.15) is 17.1 Å². The number of carboxylic acids is 1. The maximum atomic E-state index is 12.7. The number of nitrogens with zero attached hydrogens (tertiary/aromatic N) is 2. The fourth-order valence-electron chi connectivity index (χ4n) is 2.01. The first kappa shape index (κ1) is 14.7. The number of carboxylic acid groups (broad SMARTS) is 1. The Balaban J connectivity index is 2.09. The SMILES string of the molecule is O=C(O)C1CCCN(S(=O)(=O)Nc2ccc(F)nc2)C1. The lowest BCUT2D eigenvalue weighted by Gasteiger charge is -2.29. The van der Waals surface area contributed by atoms with Crippen molar-refractivity contribution in [3.8, 4) is 0 Å². The molecule has 2 heterocycles. The number of aliphatic carboxylic acids is 1. The van der Waals surface area contributed by atoms with Crippen molar-refractivity contribution in [1.82, 2.24) is 9.29 Å². The maximum Gasteiger partial charge on any atom is 0.307 e. The van der Waals surface area contributed by atoms with E-state index < -0.39 is 28.0 Å². The topological polar surface area (TPSA) is 99.6 Å². The molecular formula is C11H14FN3O4S. The summed E-state index contributed by atoms with van der Waals surface area (Å²) >= 11 is 0. The summed E-state index contributed by atoms with van der Waals surface area (Å²) in [6.45, 7) is 0.188. The van der Waals surface area contributed by atoms with Crippen molar-refractivity contribution in [2.75, 3.05) is 17.8 Å². The van der Waals surface area contributed by atoms with Crippen LogP contribution in [0.1, 0.15) is 12.8 Å². The lowest BCUT2D eigenvalue weighted by atomic mass is 10.0. The van der Waals surface area contributed by atoms with Crippen LogP contribution in [0.25, 0.3) is 0 Å². The third-order valence-electron chi connectivity index (χ3n) is 3.05. The van der Waals surface area contributed by atoms with Crippen molar-refractivity contribution in [1.29, 1.82) is 0 Å². The highest BCUT2D eigenvalue weighted by atomic mass is 32.2. The molecule has 0 aliphatic carbocycles. The molecule has 2 rings (SSSR count). The van der Waals surface area contributed by atoms with E-state index in [0.29, 0.717) is 12.8 Å². The molecule has 1 aromatic rings. The van der Waals surface area contributed by atoms with E-state index in [1.165, 1.54) is 6.07 Å². The zero-order chi connectivity index (χ0) is 14.8. The highest BCUT2D eigenvalue weighted by molar-refractivity contribution is 7.90. The number of piperidine rings is 1. The highest BCUT2D eigenvalue weighted by Gasteiger charge is 2.32. The largest absolute Gasteiger partial charge is 0.481 e. The minimum Gasteiger partial charge on any atom is -0.481 e. The number of nitrogens with one attached hydrogen (secondary N) is 1. The zero-order valence-corrected chi connectivity index (χ0v) is 11.3. The number of hydrogen-bond donors (Lipinski definition) is 2. The monoisotopic (exact) mass is 303 g/mol. The van der Waals surface area contributed by atoms with E-state index in [9.17, 15) is 17.6 Å². The second-order valence-electron chi connectivity index (χ2n) is 4.51. The number of halogens is 1. The molecule has 0 aromatic carbocycles. The fraction of sp³-hybridized carbons (Fsp3) is 0.455. The van der Waals surface area contributed by atoms with Gasteiger partial charge in [0.2, 0.25) is 5.95 Å². The summed E-state index contributed by atoms with van der Waals surface area (Å²) < 4.78 is 40.2. The van der Waals surface area contributed by atoms with Crippen LogP contribution in [0.5, 0.6) is 0 Å². The van der Waals surface area contributed by atoms with Gasteiger partial charge in [-0.1, -0.05) is 0 Å². The van der Waals surface area contributed by atoms with Gasteiger partial charge in [-0.15, -0.1) is 0 Å². The van der Waals surface area contributed by atoms with E-state index >= 15 is 0 Å². The molecule has 110 valence electrons. The molecule has 0 saturated carbocycles. The van der Waals surface area contributed by atoms with E-state index in [2.05, 4.69) is 9.71 Å². The molecule has 1 saturated heterocycles. The molecule has 1 aromatic heterocycles. The van der Waals surface area contributed by atoms with E-state index in [1.54, 1.807) is 0 Å². The maximum absolute atomic E-state index is 12.7. The van der Waals surface area contributed by atoms with Crippen molar-refractivity contribution >= 4 is 21.9 Å². The van der Waals surface area contributed by atoms with E-state index in [0.717, 1.165) is 16.6 Å². The molecule has 0 radical (unpaired) electrons. The quantitative estimate of drug-likeness (QED) is 0.797. The first-order chi connectivity index (χ1) is 9.38. The summed E-state index contributed by atoms with van der Waals surface area (Å²) in [5, 5.41) is 8.95. The third kappa shape index (κ3) is 3.42. The van der Waals surface area contributed by atoms with Gasteiger partial charge in [-0.25, -0.2) is 4.98 Å². The fourth-order valence-corrected chi connectivity index (χ4v) is 3.31. The predicted octanol–water partition coefficient (Wildman–Crippen LogP) is 0.674. The molecule has 1 aliphatic rings. The van der Waals surface area contributed by atoms with Gasteiger partial charge in [0.25, 0.3) is 0 Å². The van der Waals surface area contributed by atoms with Crippen LogP contribution in [0.15, 0.2) is 18.3 Å². The summed E-state index contributed by atoms with van der Waals surface area (Å²) in [6.07, 6.45) is 2.00. The molecule has 0 bridgehead atoms. The molecule has 9 heteroatoms. The van der Waals surface area contributed by atoms with Crippen LogP contribution in [0.4, 0.5) is 10.1 Å². The van der Waals surface area contributed by atoms with Crippen LogP contribution in [-0.4, -0.2) is 41.9 Å². The lowest BCUT2D eigenvalue weighted by Crippen LogP contribution is -2.44. The molecule has 20 heavy (non-hydrogen) atoms. The van der Waals surface area contributed by atoms with Gasteiger partial charge in [0.05, 0.1) is 17.8 Å². The van der Waals surface area contributed by atoms with Crippen LogP contribution in [0, 0.1) is 11.9 Å². The number of anilines is 1. The Bertz CT molecular complexity index is 590.